The third-order valence-electron chi connectivity index (χ3n) is 20.2. The summed E-state index contributed by atoms with van der Waals surface area (Å²) in [7, 11) is 3.61. The zero-order chi connectivity index (χ0) is 68.9. The maximum atomic E-state index is 13.7. The second kappa shape index (κ2) is 27.0. The molecule has 3 spiro atoms. The molecule has 0 bridgehead atoms. The van der Waals surface area contributed by atoms with Crippen molar-refractivity contribution in [1.29, 1.82) is 0 Å². The monoisotopic (exact) mass is 1360 g/mol. The van der Waals surface area contributed by atoms with Gasteiger partial charge < -0.3 is 52.3 Å². The fourth-order valence-electron chi connectivity index (χ4n) is 14.7. The third kappa shape index (κ3) is 13.1. The number of likely N-dealkylation sites (tertiary alicyclic amines) is 3. The number of hydrogen-bond acceptors (Lipinski definition) is 10. The Bertz CT molecular complexity index is 4420. The van der Waals surface area contributed by atoms with E-state index >= 15 is 0 Å². The number of benzene rings is 6. The molecular formula is C80H87Cl2N7O9. The lowest BCUT2D eigenvalue weighted by atomic mass is 9.79. The minimum atomic E-state index is -0.465. The Morgan fingerprint density at radius 2 is 1.04 bits per heavy atom. The maximum Gasteiger partial charge on any atom is 0.257 e. The minimum absolute atomic E-state index is 0.0107. The van der Waals surface area contributed by atoms with Crippen molar-refractivity contribution in [3.8, 4) is 51.4 Å². The number of para-hydroxylation sites is 2. The van der Waals surface area contributed by atoms with E-state index in [4.69, 9.17) is 51.6 Å². The van der Waals surface area contributed by atoms with E-state index in [1.807, 2.05) is 150 Å². The number of nitrogens with zero attached hydrogens (tertiary/aromatic N) is 7. The summed E-state index contributed by atoms with van der Waals surface area (Å²) in [6.45, 7) is 22.4. The number of amides is 3. The molecule has 0 radical (unpaired) electrons. The van der Waals surface area contributed by atoms with E-state index in [1.54, 1.807) is 7.11 Å². The number of methoxy groups -OCH3 is 1. The van der Waals surface area contributed by atoms with Gasteiger partial charge in [-0.15, -0.1) is 0 Å². The SMILES string of the molecule is CC(C)(C)c1cc(C(=O)N2CCC3(CC2)Oc2cc(Cl)ccc2-n2cccc23)cc(C(C)(C)C)c1.CCOc1ccccc1C(=O)N1CCC2(CC1)Oc1ccccc1-c1c2cnn1C.COCCOc1ccc(C(=O)N2CCC3(CC2)Oc2cc(Cl)ccc2-n2cccc23)cc1C. The molecule has 0 unspecified atom stereocenters. The molecule has 9 aromatic rings. The van der Waals surface area contributed by atoms with Crippen LogP contribution in [0.25, 0.3) is 22.6 Å². The lowest BCUT2D eigenvalue weighted by Gasteiger charge is -2.45. The summed E-state index contributed by atoms with van der Waals surface area (Å²) in [6.07, 6.45) is 10.4. The number of carbonyl (C=O) groups is 3. The molecule has 6 aliphatic heterocycles. The van der Waals surface area contributed by atoms with Crippen molar-refractivity contribution < 1.29 is 42.8 Å². The number of ether oxygens (including phenoxy) is 6. The molecule has 15 rings (SSSR count). The lowest BCUT2D eigenvalue weighted by Crippen LogP contribution is -2.50. The van der Waals surface area contributed by atoms with Gasteiger partial charge in [0.05, 0.1) is 53.4 Å². The summed E-state index contributed by atoms with van der Waals surface area (Å²) in [5.41, 5.74) is 11.5. The van der Waals surface area contributed by atoms with Gasteiger partial charge in [0.25, 0.3) is 17.7 Å². The second-order valence-corrected chi connectivity index (χ2v) is 29.4. The second-order valence-electron chi connectivity index (χ2n) is 28.5. The first-order chi connectivity index (χ1) is 47.0. The number of fused-ring (bicyclic) bond motifs is 12. The molecule has 3 fully saturated rings. The van der Waals surface area contributed by atoms with E-state index in [2.05, 4.69) is 111 Å². The first kappa shape index (κ1) is 67.6. The first-order valence-corrected chi connectivity index (χ1v) is 34.9. The standard InChI is InChI=1S/C30H35ClN2O2.C26H27ClN2O4.C24H25N3O3/c1-28(2,3)21-16-20(17-22(18-21)29(4,5)6)27(34)32-14-11-30(12-15-32)26-8-7-13-33(26)24-10-9-23(31)19-25(24)35-30;1-18-16-19(5-8-22(18)32-15-14-31-2)25(30)28-12-9-26(10-13-28)24-4-3-11-29(24)21-7-6-20(27)17-23(21)33-26;1-3-29-20-10-6-5-9-18(20)23(28)27-14-12-24(13-15-27)19-16-25-26(2)22(19)17-8-4-7-11-21(17)30-24/h7-10,13,16-19H,11-12,14-15H2,1-6H3;3-8,11,16-17H,9-10,12-15H2,1-2H3;4-11,16H,3,12-15H2,1-2H3. The number of carbonyl (C=O) groups excluding carboxylic acids is 3. The highest BCUT2D eigenvalue weighted by Crippen LogP contribution is 2.51. The lowest BCUT2D eigenvalue weighted by molar-refractivity contribution is -0.00977. The van der Waals surface area contributed by atoms with Gasteiger partial charge >= 0.3 is 0 Å². The van der Waals surface area contributed by atoms with Gasteiger partial charge in [-0.2, -0.15) is 5.10 Å². The van der Waals surface area contributed by atoms with Crippen molar-refractivity contribution in [3.63, 3.8) is 0 Å². The Labute approximate surface area is 584 Å². The van der Waals surface area contributed by atoms with E-state index in [-0.39, 0.29) is 28.6 Å². The summed E-state index contributed by atoms with van der Waals surface area (Å²) < 4.78 is 42.5. The highest BCUT2D eigenvalue weighted by Gasteiger charge is 2.49. The fraction of sp³-hybridized carbons (Fsp3) is 0.375. The molecule has 0 N–H and O–H groups in total. The highest BCUT2D eigenvalue weighted by atomic mass is 35.5. The van der Waals surface area contributed by atoms with Gasteiger partial charge in [-0.3, -0.25) is 19.1 Å². The normalized spacial score (nSPS) is 16.6. The molecule has 3 aromatic heterocycles. The summed E-state index contributed by atoms with van der Waals surface area (Å²) in [4.78, 5) is 46.0. The molecular weight excluding hydrogens is 1270 g/mol. The summed E-state index contributed by atoms with van der Waals surface area (Å²) >= 11 is 12.5. The van der Waals surface area contributed by atoms with Crippen molar-refractivity contribution in [2.75, 3.05) is 66.2 Å². The van der Waals surface area contributed by atoms with E-state index in [1.165, 1.54) is 11.1 Å². The Morgan fingerprint density at radius 3 is 1.58 bits per heavy atom. The van der Waals surface area contributed by atoms with Crippen molar-refractivity contribution in [2.24, 2.45) is 7.05 Å². The average molecular weight is 1360 g/mol. The Hall–Kier alpha value is -8.96. The number of hydrogen-bond donors (Lipinski definition) is 0. The molecule has 0 saturated carbocycles. The molecule has 0 aliphatic carbocycles. The highest BCUT2D eigenvalue weighted by molar-refractivity contribution is 6.31. The molecule has 510 valence electrons. The van der Waals surface area contributed by atoms with Crippen LogP contribution in [0.15, 0.2) is 164 Å². The van der Waals surface area contributed by atoms with Gasteiger partial charge in [-0.25, -0.2) is 0 Å². The average Bonchev–Trinajstić information content (AvgIpc) is 1.41. The van der Waals surface area contributed by atoms with Gasteiger partial charge in [-0.05, 0) is 144 Å². The smallest absolute Gasteiger partial charge is 0.257 e. The van der Waals surface area contributed by atoms with Crippen molar-refractivity contribution in [1.82, 2.24) is 33.6 Å². The fourth-order valence-corrected chi connectivity index (χ4v) is 15.0. The van der Waals surface area contributed by atoms with Gasteiger partial charge in [0, 0.05) is 149 Å². The quantitative estimate of drug-likeness (QED) is 0.128. The molecule has 0 atom stereocenters. The predicted octanol–water partition coefficient (Wildman–Crippen LogP) is 16.2. The topological polar surface area (TPSA) is 144 Å². The number of halogens is 2. The largest absolute Gasteiger partial charge is 0.493 e. The van der Waals surface area contributed by atoms with Crippen molar-refractivity contribution in [3.05, 3.63) is 225 Å². The van der Waals surface area contributed by atoms with Gasteiger partial charge in [0.1, 0.15) is 41.0 Å². The minimum Gasteiger partial charge on any atom is -0.493 e. The predicted molar refractivity (Wildman–Crippen MR) is 383 cm³/mol. The van der Waals surface area contributed by atoms with E-state index in [9.17, 15) is 14.4 Å². The number of piperidine rings is 3. The number of aryl methyl sites for hydroxylation is 2. The third-order valence-corrected chi connectivity index (χ3v) is 20.6. The van der Waals surface area contributed by atoms with Crippen LogP contribution in [-0.2, 0) is 39.4 Å². The first-order valence-electron chi connectivity index (χ1n) is 34.1. The Balaban J connectivity index is 0.000000133. The van der Waals surface area contributed by atoms with Crippen LogP contribution in [-0.4, -0.2) is 118 Å². The van der Waals surface area contributed by atoms with Crippen LogP contribution >= 0.6 is 23.2 Å². The Kier molecular flexibility index (Phi) is 18.7. The van der Waals surface area contributed by atoms with Crippen LogP contribution in [0.5, 0.6) is 28.7 Å². The molecule has 9 heterocycles. The van der Waals surface area contributed by atoms with Gasteiger partial charge in [0.15, 0.2) is 11.2 Å². The van der Waals surface area contributed by atoms with Crippen molar-refractivity contribution >= 4 is 40.9 Å². The number of aromatic nitrogens is 4. The van der Waals surface area contributed by atoms with E-state index < -0.39 is 16.8 Å². The van der Waals surface area contributed by atoms with Crippen LogP contribution < -0.4 is 23.7 Å². The summed E-state index contributed by atoms with van der Waals surface area (Å²) in [5, 5.41) is 5.83. The zero-order valence-electron chi connectivity index (χ0n) is 57.8. The van der Waals surface area contributed by atoms with Crippen molar-refractivity contribution in [2.45, 2.75) is 122 Å². The summed E-state index contributed by atoms with van der Waals surface area (Å²) in [6, 6.07) is 47.5. The summed E-state index contributed by atoms with van der Waals surface area (Å²) in [5.74, 6) is 4.03. The van der Waals surface area contributed by atoms with Gasteiger partial charge in [0.2, 0.25) is 0 Å². The molecule has 3 saturated heterocycles. The molecule has 18 heteroatoms. The zero-order valence-corrected chi connectivity index (χ0v) is 59.3. The van der Waals surface area contributed by atoms with E-state index in [0.29, 0.717) is 98.9 Å². The molecule has 6 aromatic carbocycles. The van der Waals surface area contributed by atoms with E-state index in [0.717, 1.165) is 99.4 Å². The van der Waals surface area contributed by atoms with Gasteiger partial charge in [-0.1, -0.05) is 95.1 Å². The van der Waals surface area contributed by atoms with Crippen LogP contribution in [0.1, 0.15) is 152 Å². The van der Waals surface area contributed by atoms with Crippen LogP contribution in [0.3, 0.4) is 0 Å². The van der Waals surface area contributed by atoms with Crippen LogP contribution in [0, 0.1) is 6.92 Å². The molecule has 16 nitrogen and oxygen atoms in total. The van der Waals surface area contributed by atoms with Crippen LogP contribution in [0.2, 0.25) is 10.0 Å². The van der Waals surface area contributed by atoms with Crippen LogP contribution in [0.4, 0.5) is 0 Å². The molecule has 98 heavy (non-hydrogen) atoms. The Morgan fingerprint density at radius 1 is 0.531 bits per heavy atom. The molecule has 3 amide bonds. The maximum absolute atomic E-state index is 13.7. The number of rotatable bonds is 9. The molecule has 6 aliphatic rings.